The van der Waals surface area contributed by atoms with Crippen LogP contribution in [0, 0.1) is 0 Å². The number of alkyl halides is 3. The Balaban J connectivity index is 1.76. The highest BCUT2D eigenvalue weighted by molar-refractivity contribution is 7.99. The zero-order chi connectivity index (χ0) is 15.3. The molecular weight excluding hydrogens is 299 g/mol. The van der Waals surface area contributed by atoms with Crippen LogP contribution in [-0.4, -0.2) is 23.9 Å². The summed E-state index contributed by atoms with van der Waals surface area (Å²) in [6, 6.07) is 6.56. The first-order chi connectivity index (χ1) is 9.96. The maximum absolute atomic E-state index is 12.1. The predicted octanol–water partition coefficient (Wildman–Crippen LogP) is 4.35. The lowest BCUT2D eigenvalue weighted by Gasteiger charge is -2.28. The minimum atomic E-state index is -4.63. The minimum Gasteiger partial charge on any atom is -0.406 e. The fourth-order valence-electron chi connectivity index (χ4n) is 2.57. The van der Waals surface area contributed by atoms with Crippen LogP contribution in [-0.2, 0) is 6.54 Å². The number of benzene rings is 1. The van der Waals surface area contributed by atoms with Crippen molar-refractivity contribution >= 4 is 11.8 Å². The molecule has 0 atom stereocenters. The molecule has 0 unspecified atom stereocenters. The van der Waals surface area contributed by atoms with Crippen molar-refractivity contribution in [2.45, 2.75) is 49.9 Å². The van der Waals surface area contributed by atoms with Gasteiger partial charge < -0.3 is 10.1 Å². The fourth-order valence-corrected chi connectivity index (χ4v) is 3.32. The van der Waals surface area contributed by atoms with Crippen LogP contribution in [0.25, 0.3) is 0 Å². The number of thioether (sulfide) groups is 1. The number of rotatable bonds is 5. The molecule has 0 amide bonds. The van der Waals surface area contributed by atoms with Gasteiger partial charge in [-0.15, -0.1) is 13.2 Å². The van der Waals surface area contributed by atoms with Crippen molar-refractivity contribution in [3.8, 4) is 5.75 Å². The number of ether oxygens (including phenoxy) is 1. The highest BCUT2D eigenvalue weighted by atomic mass is 32.2. The van der Waals surface area contributed by atoms with E-state index >= 15 is 0 Å². The van der Waals surface area contributed by atoms with Gasteiger partial charge in [-0.25, -0.2) is 0 Å². The molecule has 1 aliphatic rings. The van der Waals surface area contributed by atoms with Crippen molar-refractivity contribution in [1.29, 1.82) is 0 Å². The second-order valence-corrected chi connectivity index (χ2v) is 6.42. The summed E-state index contributed by atoms with van der Waals surface area (Å²) >= 11 is 1.93. The van der Waals surface area contributed by atoms with Crippen LogP contribution in [0.2, 0.25) is 0 Å². The molecule has 0 aliphatic heterocycles. The average molecular weight is 319 g/mol. The molecule has 0 saturated heterocycles. The van der Waals surface area contributed by atoms with Crippen molar-refractivity contribution in [1.82, 2.24) is 5.32 Å². The number of halogens is 3. The van der Waals surface area contributed by atoms with E-state index in [1.54, 1.807) is 12.1 Å². The van der Waals surface area contributed by atoms with Gasteiger partial charge in [0.2, 0.25) is 0 Å². The maximum Gasteiger partial charge on any atom is 0.573 e. The van der Waals surface area contributed by atoms with Crippen LogP contribution in [0.3, 0.4) is 0 Å². The van der Waals surface area contributed by atoms with Gasteiger partial charge in [-0.1, -0.05) is 12.1 Å². The van der Waals surface area contributed by atoms with E-state index in [1.165, 1.54) is 37.8 Å². The van der Waals surface area contributed by atoms with Gasteiger partial charge in [-0.3, -0.25) is 0 Å². The molecular formula is C15H20F3NOS. The van der Waals surface area contributed by atoms with E-state index < -0.39 is 6.36 Å². The molecule has 0 heterocycles. The van der Waals surface area contributed by atoms with Crippen LogP contribution in [0.4, 0.5) is 13.2 Å². The van der Waals surface area contributed by atoms with E-state index in [0.717, 1.165) is 10.8 Å². The molecule has 2 rings (SSSR count). The summed E-state index contributed by atoms with van der Waals surface area (Å²) in [5.41, 5.74) is 0.969. The van der Waals surface area contributed by atoms with Gasteiger partial charge in [-0.05, 0) is 49.6 Å². The molecule has 118 valence electrons. The summed E-state index contributed by atoms with van der Waals surface area (Å²) in [4.78, 5) is 0. The second kappa shape index (κ2) is 7.40. The lowest BCUT2D eigenvalue weighted by Crippen LogP contribution is -2.33. The fraction of sp³-hybridized carbons (Fsp3) is 0.600. The summed E-state index contributed by atoms with van der Waals surface area (Å²) in [6.45, 7) is 0.681. The third-order valence-electron chi connectivity index (χ3n) is 3.76. The molecule has 2 nitrogen and oxygen atoms in total. The Morgan fingerprint density at radius 1 is 1.14 bits per heavy atom. The van der Waals surface area contributed by atoms with E-state index in [9.17, 15) is 13.2 Å². The van der Waals surface area contributed by atoms with Crippen LogP contribution in [0.15, 0.2) is 24.3 Å². The van der Waals surface area contributed by atoms with Crippen molar-refractivity contribution in [2.75, 3.05) is 6.26 Å². The van der Waals surface area contributed by atoms with Crippen molar-refractivity contribution < 1.29 is 17.9 Å². The third-order valence-corrected chi connectivity index (χ3v) is 4.90. The summed E-state index contributed by atoms with van der Waals surface area (Å²) in [5.74, 6) is -0.174. The largest absolute Gasteiger partial charge is 0.573 e. The Labute approximate surface area is 127 Å². The quantitative estimate of drug-likeness (QED) is 0.872. The normalized spacial score (nSPS) is 23.0. The van der Waals surface area contributed by atoms with Gasteiger partial charge in [0.25, 0.3) is 0 Å². The number of nitrogens with one attached hydrogen (secondary N) is 1. The van der Waals surface area contributed by atoms with Gasteiger partial charge in [0.05, 0.1) is 0 Å². The standard InChI is InChI=1S/C15H20F3NOS/c1-21-14-8-4-12(5-9-14)19-10-11-2-6-13(7-3-11)20-15(16,17)18/h2-3,6-7,12,14,19H,4-5,8-10H2,1H3. The molecule has 0 aromatic heterocycles. The molecule has 6 heteroatoms. The van der Waals surface area contributed by atoms with Crippen molar-refractivity contribution in [2.24, 2.45) is 0 Å². The van der Waals surface area contributed by atoms with Gasteiger partial charge in [0.15, 0.2) is 0 Å². The minimum absolute atomic E-state index is 0.174. The molecule has 1 saturated carbocycles. The highest BCUT2D eigenvalue weighted by Crippen LogP contribution is 2.27. The van der Waals surface area contributed by atoms with Gasteiger partial charge >= 0.3 is 6.36 Å². The molecule has 0 spiro atoms. The van der Waals surface area contributed by atoms with E-state index in [2.05, 4.69) is 16.3 Å². The lowest BCUT2D eigenvalue weighted by atomic mass is 9.95. The summed E-state index contributed by atoms with van der Waals surface area (Å²) in [7, 11) is 0. The maximum atomic E-state index is 12.1. The zero-order valence-electron chi connectivity index (χ0n) is 12.0. The van der Waals surface area contributed by atoms with Gasteiger partial charge in [-0.2, -0.15) is 11.8 Å². The molecule has 1 aromatic carbocycles. The average Bonchev–Trinajstić information content (AvgIpc) is 2.45. The SMILES string of the molecule is CSC1CCC(NCc2ccc(OC(F)(F)F)cc2)CC1. The summed E-state index contributed by atoms with van der Waals surface area (Å²) in [6.07, 6.45) is 2.33. The van der Waals surface area contributed by atoms with Gasteiger partial charge in [0, 0.05) is 17.8 Å². The van der Waals surface area contributed by atoms with Crippen LogP contribution < -0.4 is 10.1 Å². The predicted molar refractivity (Wildman–Crippen MR) is 79.5 cm³/mol. The Hall–Kier alpha value is -0.880. The van der Waals surface area contributed by atoms with E-state index in [1.807, 2.05) is 11.8 Å². The first kappa shape index (κ1) is 16.5. The monoisotopic (exact) mass is 319 g/mol. The van der Waals surface area contributed by atoms with E-state index in [4.69, 9.17) is 0 Å². The molecule has 21 heavy (non-hydrogen) atoms. The van der Waals surface area contributed by atoms with Crippen LogP contribution in [0.5, 0.6) is 5.75 Å². The molecule has 1 N–H and O–H groups in total. The third kappa shape index (κ3) is 5.79. The summed E-state index contributed by atoms with van der Waals surface area (Å²) in [5, 5.41) is 4.26. The van der Waals surface area contributed by atoms with Crippen LogP contribution in [0.1, 0.15) is 31.2 Å². The second-order valence-electron chi connectivity index (χ2n) is 5.28. The van der Waals surface area contributed by atoms with E-state index in [0.29, 0.717) is 12.6 Å². The van der Waals surface area contributed by atoms with E-state index in [-0.39, 0.29) is 5.75 Å². The number of hydrogen-bond acceptors (Lipinski definition) is 3. The first-order valence-corrected chi connectivity index (χ1v) is 8.36. The van der Waals surface area contributed by atoms with Crippen molar-refractivity contribution in [3.05, 3.63) is 29.8 Å². The smallest absolute Gasteiger partial charge is 0.406 e. The van der Waals surface area contributed by atoms with Gasteiger partial charge in [0.1, 0.15) is 5.75 Å². The highest BCUT2D eigenvalue weighted by Gasteiger charge is 2.30. The Bertz CT molecular complexity index is 428. The Morgan fingerprint density at radius 3 is 2.29 bits per heavy atom. The first-order valence-electron chi connectivity index (χ1n) is 7.07. The molecule has 1 aliphatic carbocycles. The molecule has 0 radical (unpaired) electrons. The zero-order valence-corrected chi connectivity index (χ0v) is 12.8. The molecule has 1 aromatic rings. The van der Waals surface area contributed by atoms with Crippen LogP contribution >= 0.6 is 11.8 Å². The molecule has 0 bridgehead atoms. The topological polar surface area (TPSA) is 21.3 Å². The Kier molecular flexibility index (Phi) is 5.81. The lowest BCUT2D eigenvalue weighted by molar-refractivity contribution is -0.274. The molecule has 1 fully saturated rings. The Morgan fingerprint density at radius 2 is 1.76 bits per heavy atom. The van der Waals surface area contributed by atoms with Crippen molar-refractivity contribution in [3.63, 3.8) is 0 Å². The summed E-state index contributed by atoms with van der Waals surface area (Å²) < 4.78 is 40.0. The number of hydrogen-bond donors (Lipinski definition) is 1.